The van der Waals surface area contributed by atoms with Gasteiger partial charge in [-0.05, 0) is 49.6 Å². The van der Waals surface area contributed by atoms with Gasteiger partial charge in [0.05, 0.1) is 19.3 Å². The number of morpholine rings is 1. The predicted molar refractivity (Wildman–Crippen MR) is 119 cm³/mol. The molecule has 30 heavy (non-hydrogen) atoms. The molecule has 0 bridgehead atoms. The third-order valence-electron chi connectivity index (χ3n) is 6.03. The highest BCUT2D eigenvalue weighted by Gasteiger charge is 2.25. The summed E-state index contributed by atoms with van der Waals surface area (Å²) in [6.45, 7) is 9.53. The molecule has 4 rings (SSSR count). The van der Waals surface area contributed by atoms with E-state index in [4.69, 9.17) is 20.8 Å². The number of carbonyl (C=O) groups is 1. The number of halogens is 1. The zero-order chi connectivity index (χ0) is 21.3. The van der Waals surface area contributed by atoms with Crippen molar-refractivity contribution in [2.24, 2.45) is 0 Å². The van der Waals surface area contributed by atoms with Crippen LogP contribution >= 0.6 is 11.6 Å². The lowest BCUT2D eigenvalue weighted by Gasteiger charge is -2.34. The molecule has 6 heteroatoms. The third kappa shape index (κ3) is 4.10. The van der Waals surface area contributed by atoms with E-state index >= 15 is 0 Å². The molecule has 2 aromatic carbocycles. The molecular weight excluding hydrogens is 400 g/mol. The predicted octanol–water partition coefficient (Wildman–Crippen LogP) is 4.81. The summed E-state index contributed by atoms with van der Waals surface area (Å²) in [5, 5.41) is 4.79. The maximum absolute atomic E-state index is 13.0. The van der Waals surface area contributed by atoms with Crippen molar-refractivity contribution in [3.8, 4) is 0 Å². The molecule has 0 spiro atoms. The molecule has 0 radical (unpaired) electrons. The van der Waals surface area contributed by atoms with Crippen LogP contribution < -0.4 is 5.32 Å². The standard InChI is InChI=1S/C24H27ClN2O3/c1-15-4-9-20-17(3)23(30-22(20)16(15)2)24(28)26-14-21(27-10-12-29-13-11-27)18-5-7-19(25)8-6-18/h4-9,21H,10-14H2,1-3H3,(H,26,28)/t21-/m1/s1. The fraction of sp³-hybridized carbons (Fsp3) is 0.375. The van der Waals surface area contributed by atoms with Gasteiger partial charge in [0.15, 0.2) is 5.76 Å². The van der Waals surface area contributed by atoms with Gasteiger partial charge in [-0.3, -0.25) is 9.69 Å². The highest BCUT2D eigenvalue weighted by molar-refractivity contribution is 6.30. The highest BCUT2D eigenvalue weighted by atomic mass is 35.5. The Morgan fingerprint density at radius 2 is 1.77 bits per heavy atom. The Kier molecular flexibility index (Phi) is 6.14. The van der Waals surface area contributed by atoms with Gasteiger partial charge >= 0.3 is 0 Å². The second-order valence-corrected chi connectivity index (χ2v) is 8.30. The number of hydrogen-bond donors (Lipinski definition) is 1. The Bertz CT molecular complexity index is 1050. The van der Waals surface area contributed by atoms with Crippen molar-refractivity contribution in [1.82, 2.24) is 10.2 Å². The van der Waals surface area contributed by atoms with Crippen LogP contribution in [0.1, 0.15) is 38.9 Å². The minimum absolute atomic E-state index is 0.0452. The molecule has 1 amide bonds. The topological polar surface area (TPSA) is 54.7 Å². The molecule has 3 aromatic rings. The van der Waals surface area contributed by atoms with E-state index in [1.165, 1.54) is 0 Å². The van der Waals surface area contributed by atoms with Crippen molar-refractivity contribution in [3.05, 3.63) is 69.4 Å². The molecule has 5 nitrogen and oxygen atoms in total. The second kappa shape index (κ2) is 8.80. The largest absolute Gasteiger partial charge is 0.450 e. The summed E-state index contributed by atoms with van der Waals surface area (Å²) < 4.78 is 11.5. The van der Waals surface area contributed by atoms with Gasteiger partial charge in [0.1, 0.15) is 5.58 Å². The van der Waals surface area contributed by atoms with Crippen molar-refractivity contribution in [3.63, 3.8) is 0 Å². The van der Waals surface area contributed by atoms with Crippen LogP contribution in [0.3, 0.4) is 0 Å². The lowest BCUT2D eigenvalue weighted by Crippen LogP contribution is -2.43. The average molecular weight is 427 g/mol. The summed E-state index contributed by atoms with van der Waals surface area (Å²) in [6, 6.07) is 12.0. The minimum Gasteiger partial charge on any atom is -0.450 e. The molecule has 1 fully saturated rings. The van der Waals surface area contributed by atoms with Crippen molar-refractivity contribution < 1.29 is 13.9 Å². The van der Waals surface area contributed by atoms with Crippen molar-refractivity contribution in [2.45, 2.75) is 26.8 Å². The molecular formula is C24H27ClN2O3. The maximum atomic E-state index is 13.0. The second-order valence-electron chi connectivity index (χ2n) is 7.87. The number of fused-ring (bicyclic) bond motifs is 1. The van der Waals surface area contributed by atoms with Gasteiger partial charge < -0.3 is 14.5 Å². The summed E-state index contributed by atoms with van der Waals surface area (Å²) in [7, 11) is 0. The number of benzene rings is 2. The number of ether oxygens (including phenoxy) is 1. The fourth-order valence-corrected chi connectivity index (χ4v) is 4.16. The van der Waals surface area contributed by atoms with Crippen LogP contribution in [0.15, 0.2) is 40.8 Å². The van der Waals surface area contributed by atoms with E-state index in [1.54, 1.807) is 0 Å². The average Bonchev–Trinajstić information content (AvgIpc) is 3.10. The zero-order valence-corrected chi connectivity index (χ0v) is 18.4. The van der Waals surface area contributed by atoms with E-state index in [1.807, 2.05) is 51.1 Å². The Morgan fingerprint density at radius 3 is 2.47 bits per heavy atom. The Hall–Kier alpha value is -2.34. The molecule has 2 heterocycles. The van der Waals surface area contributed by atoms with Gasteiger partial charge in [-0.1, -0.05) is 35.9 Å². The van der Waals surface area contributed by atoms with Gasteiger partial charge in [0.2, 0.25) is 0 Å². The molecule has 1 aliphatic heterocycles. The summed E-state index contributed by atoms with van der Waals surface area (Å²) in [4.78, 5) is 15.4. The summed E-state index contributed by atoms with van der Waals surface area (Å²) in [5.74, 6) is 0.198. The Balaban J connectivity index is 1.56. The van der Waals surface area contributed by atoms with Crippen LogP contribution in [-0.2, 0) is 4.74 Å². The lowest BCUT2D eigenvalue weighted by atomic mass is 10.0. The number of nitrogens with zero attached hydrogens (tertiary/aromatic N) is 1. The number of aryl methyl sites for hydroxylation is 3. The first kappa shape index (κ1) is 20.9. The smallest absolute Gasteiger partial charge is 0.287 e. The summed E-state index contributed by atoms with van der Waals surface area (Å²) >= 11 is 6.07. The molecule has 1 aromatic heterocycles. The highest BCUT2D eigenvalue weighted by Crippen LogP contribution is 2.30. The SMILES string of the molecule is Cc1ccc2c(C)c(C(=O)NC[C@H](c3ccc(Cl)cc3)N3CCOCC3)oc2c1C. The first-order chi connectivity index (χ1) is 14.5. The van der Waals surface area contributed by atoms with Crippen LogP contribution in [0, 0.1) is 20.8 Å². The molecule has 1 aliphatic rings. The number of rotatable bonds is 5. The normalized spacial score (nSPS) is 16.0. The van der Waals surface area contributed by atoms with Gasteiger partial charge in [-0.15, -0.1) is 0 Å². The van der Waals surface area contributed by atoms with Crippen LogP contribution in [0.5, 0.6) is 0 Å². The number of furan rings is 1. The van der Waals surface area contributed by atoms with E-state index in [0.29, 0.717) is 30.5 Å². The molecule has 0 aliphatic carbocycles. The van der Waals surface area contributed by atoms with Crippen LogP contribution in [0.25, 0.3) is 11.0 Å². The molecule has 158 valence electrons. The summed E-state index contributed by atoms with van der Waals surface area (Å²) in [5.41, 5.74) is 5.01. The minimum atomic E-state index is -0.187. The van der Waals surface area contributed by atoms with E-state index < -0.39 is 0 Å². The monoisotopic (exact) mass is 426 g/mol. The zero-order valence-electron chi connectivity index (χ0n) is 17.6. The van der Waals surface area contributed by atoms with Gasteiger partial charge in [-0.25, -0.2) is 0 Å². The van der Waals surface area contributed by atoms with Crippen molar-refractivity contribution in [1.29, 1.82) is 0 Å². The van der Waals surface area contributed by atoms with Gasteiger partial charge in [0, 0.05) is 35.6 Å². The Labute approximate surface area is 181 Å². The molecule has 1 N–H and O–H groups in total. The molecule has 0 saturated carbocycles. The van der Waals surface area contributed by atoms with Crippen molar-refractivity contribution >= 4 is 28.5 Å². The van der Waals surface area contributed by atoms with E-state index in [2.05, 4.69) is 16.3 Å². The van der Waals surface area contributed by atoms with Crippen molar-refractivity contribution in [2.75, 3.05) is 32.8 Å². The van der Waals surface area contributed by atoms with Crippen LogP contribution in [0.4, 0.5) is 0 Å². The Morgan fingerprint density at radius 1 is 1.07 bits per heavy atom. The lowest BCUT2D eigenvalue weighted by molar-refractivity contribution is 0.0161. The molecule has 1 atom stereocenters. The van der Waals surface area contributed by atoms with E-state index in [0.717, 1.165) is 46.3 Å². The van der Waals surface area contributed by atoms with Crippen LogP contribution in [0.2, 0.25) is 5.02 Å². The third-order valence-corrected chi connectivity index (χ3v) is 6.28. The van der Waals surface area contributed by atoms with Gasteiger partial charge in [-0.2, -0.15) is 0 Å². The first-order valence-corrected chi connectivity index (χ1v) is 10.7. The first-order valence-electron chi connectivity index (χ1n) is 10.3. The summed E-state index contributed by atoms with van der Waals surface area (Å²) in [6.07, 6.45) is 0. The van der Waals surface area contributed by atoms with Gasteiger partial charge in [0.25, 0.3) is 5.91 Å². The number of nitrogens with one attached hydrogen (secondary N) is 1. The quantitative estimate of drug-likeness (QED) is 0.635. The van der Waals surface area contributed by atoms with E-state index in [9.17, 15) is 4.79 Å². The number of amides is 1. The fourth-order valence-electron chi connectivity index (χ4n) is 4.04. The van der Waals surface area contributed by atoms with Crippen LogP contribution in [-0.4, -0.2) is 43.7 Å². The number of carbonyl (C=O) groups excluding carboxylic acids is 1. The molecule has 0 unspecified atom stereocenters. The number of hydrogen-bond acceptors (Lipinski definition) is 4. The maximum Gasteiger partial charge on any atom is 0.287 e. The van der Waals surface area contributed by atoms with E-state index in [-0.39, 0.29) is 11.9 Å². The molecule has 1 saturated heterocycles.